The lowest BCUT2D eigenvalue weighted by molar-refractivity contribution is -0.344. The van der Waals surface area contributed by atoms with Gasteiger partial charge < -0.3 is 58.9 Å². The van der Waals surface area contributed by atoms with Crippen LogP contribution in [0.15, 0.2) is 71.8 Å². The van der Waals surface area contributed by atoms with Crippen molar-refractivity contribution in [3.63, 3.8) is 0 Å². The maximum atomic E-state index is 15.0. The van der Waals surface area contributed by atoms with E-state index in [-0.39, 0.29) is 43.0 Å². The number of esters is 2. The van der Waals surface area contributed by atoms with Gasteiger partial charge >= 0.3 is 18.1 Å². The molecule has 0 aromatic heterocycles. The second-order valence-corrected chi connectivity index (χ2v) is 18.2. The Morgan fingerprint density at radius 2 is 1.58 bits per heavy atom. The van der Waals surface area contributed by atoms with Crippen LogP contribution in [0.2, 0.25) is 0 Å². The number of amides is 1. The molecule has 0 unspecified atom stereocenters. The SMILES string of the molecule is CC(=O)O[C@H]1C(=O)[C@@]2(C)[C@H]([C@H](O)[C@]3(O)C[C@H](OC(=O)[C@H](OC(=O)OC[C@H]4COC(C)(C)O4)[C@@H](NC(=O)c4ccccc4)c4ccccc4)C(C)=C1C3(C)C)[C@]1(O)CO[C@@H]1C[C@@H]2O. The number of aliphatic hydroxyl groups excluding tert-OH is 2. The van der Waals surface area contributed by atoms with Gasteiger partial charge in [-0.3, -0.25) is 14.4 Å². The number of benzene rings is 2. The number of carbonyl (C=O) groups is 5. The van der Waals surface area contributed by atoms with E-state index in [2.05, 4.69) is 5.32 Å². The number of Topliss-reactive ketones (excluding diaryl/α,β-unsaturated/α-hetero) is 1. The van der Waals surface area contributed by atoms with Crippen LogP contribution in [-0.2, 0) is 47.5 Å². The molecule has 4 fully saturated rings. The van der Waals surface area contributed by atoms with Gasteiger partial charge in [0.1, 0.15) is 36.1 Å². The van der Waals surface area contributed by atoms with Crippen LogP contribution >= 0.6 is 0 Å². The molecule has 2 saturated carbocycles. The summed E-state index contributed by atoms with van der Waals surface area (Å²) in [4.78, 5) is 69.9. The summed E-state index contributed by atoms with van der Waals surface area (Å²) in [6.07, 6.45) is -12.5. The first-order valence-electron chi connectivity index (χ1n) is 20.7. The average molecular weight is 866 g/mol. The number of hydrogen-bond acceptors (Lipinski definition) is 16. The zero-order valence-corrected chi connectivity index (χ0v) is 35.7. The Balaban J connectivity index is 1.30. The van der Waals surface area contributed by atoms with E-state index in [1.165, 1.54) is 27.7 Å². The Morgan fingerprint density at radius 1 is 0.935 bits per heavy atom. The summed E-state index contributed by atoms with van der Waals surface area (Å²) in [7, 11) is 0. The van der Waals surface area contributed by atoms with Gasteiger partial charge in [-0.15, -0.1) is 0 Å². The van der Waals surface area contributed by atoms with Crippen molar-refractivity contribution in [2.45, 2.75) is 127 Å². The number of ketones is 1. The molecule has 3 aliphatic carbocycles. The van der Waals surface area contributed by atoms with E-state index < -0.39 is 119 Å². The lowest BCUT2D eigenvalue weighted by atomic mass is 9.45. The van der Waals surface area contributed by atoms with Crippen LogP contribution in [0, 0.1) is 16.7 Å². The molecule has 2 aromatic rings. The van der Waals surface area contributed by atoms with Crippen LogP contribution in [0.4, 0.5) is 4.79 Å². The van der Waals surface area contributed by atoms with Crippen LogP contribution < -0.4 is 5.32 Å². The van der Waals surface area contributed by atoms with Gasteiger partial charge in [0.05, 0.1) is 36.9 Å². The third-order valence-electron chi connectivity index (χ3n) is 13.6. The third kappa shape index (κ3) is 7.71. The molecule has 2 aromatic carbocycles. The highest BCUT2D eigenvalue weighted by Crippen LogP contribution is 2.62. The second-order valence-electron chi connectivity index (χ2n) is 18.2. The van der Waals surface area contributed by atoms with Gasteiger partial charge in [0.2, 0.25) is 6.10 Å². The fourth-order valence-electron chi connectivity index (χ4n) is 10.2. The first kappa shape index (κ1) is 45.3. The van der Waals surface area contributed by atoms with E-state index >= 15 is 0 Å². The second kappa shape index (κ2) is 16.4. The molecule has 336 valence electrons. The smallest absolute Gasteiger partial charge is 0.455 e. The lowest BCUT2D eigenvalue weighted by Crippen LogP contribution is -2.80. The first-order chi connectivity index (χ1) is 29.0. The number of hydrogen-bond donors (Lipinski definition) is 5. The number of nitrogens with one attached hydrogen (secondary N) is 1. The first-order valence-corrected chi connectivity index (χ1v) is 20.7. The molecule has 5 N–H and O–H groups in total. The minimum absolute atomic E-state index is 0.00952. The largest absolute Gasteiger partial charge is 0.509 e. The van der Waals surface area contributed by atoms with E-state index in [9.17, 15) is 44.4 Å². The average Bonchev–Trinajstić information content (AvgIpc) is 3.58. The van der Waals surface area contributed by atoms with E-state index in [1.807, 2.05) is 0 Å². The van der Waals surface area contributed by atoms with Crippen molar-refractivity contribution in [2.75, 3.05) is 19.8 Å². The molecule has 0 radical (unpaired) electrons. The van der Waals surface area contributed by atoms with Crippen LogP contribution in [0.25, 0.3) is 0 Å². The summed E-state index contributed by atoms with van der Waals surface area (Å²) >= 11 is 0. The van der Waals surface area contributed by atoms with Gasteiger partial charge in [0.15, 0.2) is 17.7 Å². The molecule has 17 heteroatoms. The zero-order valence-electron chi connectivity index (χ0n) is 35.7. The van der Waals surface area contributed by atoms with E-state index in [4.69, 9.17) is 33.2 Å². The predicted molar refractivity (Wildman–Crippen MR) is 214 cm³/mol. The van der Waals surface area contributed by atoms with Crippen molar-refractivity contribution in [1.82, 2.24) is 5.32 Å². The summed E-state index contributed by atoms with van der Waals surface area (Å²) in [6, 6.07) is 14.9. The van der Waals surface area contributed by atoms with Crippen LogP contribution in [0.3, 0.4) is 0 Å². The van der Waals surface area contributed by atoms with E-state index in [1.54, 1.807) is 74.5 Å². The number of rotatable bonds is 10. The maximum absolute atomic E-state index is 15.0. The minimum atomic E-state index is -2.36. The molecule has 12 atom stereocenters. The van der Waals surface area contributed by atoms with Crippen molar-refractivity contribution >= 4 is 29.8 Å². The summed E-state index contributed by atoms with van der Waals surface area (Å²) in [5.74, 6) is -6.11. The molecule has 62 heavy (non-hydrogen) atoms. The highest BCUT2D eigenvalue weighted by atomic mass is 16.8. The number of aliphatic hydroxyl groups is 4. The quantitative estimate of drug-likeness (QED) is 0.131. The van der Waals surface area contributed by atoms with Crippen molar-refractivity contribution in [3.05, 3.63) is 82.9 Å². The van der Waals surface area contributed by atoms with Crippen molar-refractivity contribution < 1.29 is 77.6 Å². The molecule has 2 bridgehead atoms. The van der Waals surface area contributed by atoms with Gasteiger partial charge in [0.25, 0.3) is 5.91 Å². The summed E-state index contributed by atoms with van der Waals surface area (Å²) in [5, 5.41) is 52.0. The summed E-state index contributed by atoms with van der Waals surface area (Å²) < 4.78 is 39.9. The van der Waals surface area contributed by atoms with Gasteiger partial charge in [0, 0.05) is 36.7 Å². The molecule has 17 nitrogen and oxygen atoms in total. The fourth-order valence-corrected chi connectivity index (χ4v) is 10.2. The number of fused-ring (bicyclic) bond motifs is 5. The van der Waals surface area contributed by atoms with Crippen molar-refractivity contribution in [1.29, 1.82) is 0 Å². The molecular formula is C45H55NO16. The Kier molecular flexibility index (Phi) is 12.0. The maximum Gasteiger partial charge on any atom is 0.509 e. The van der Waals surface area contributed by atoms with E-state index in [0.29, 0.717) is 5.56 Å². The van der Waals surface area contributed by atoms with Crippen LogP contribution in [-0.4, -0.2) is 130 Å². The van der Waals surface area contributed by atoms with Gasteiger partial charge in [-0.1, -0.05) is 62.4 Å². The molecule has 5 aliphatic rings. The van der Waals surface area contributed by atoms with Crippen LogP contribution in [0.5, 0.6) is 0 Å². The Hall–Kier alpha value is -4.75. The van der Waals surface area contributed by atoms with Crippen LogP contribution in [0.1, 0.15) is 83.3 Å². The molecule has 2 heterocycles. The predicted octanol–water partition coefficient (Wildman–Crippen LogP) is 2.61. The van der Waals surface area contributed by atoms with Crippen molar-refractivity contribution in [2.24, 2.45) is 16.7 Å². The van der Waals surface area contributed by atoms with Crippen molar-refractivity contribution in [3.8, 4) is 0 Å². The minimum Gasteiger partial charge on any atom is -0.455 e. The van der Waals surface area contributed by atoms with Gasteiger partial charge in [-0.25, -0.2) is 9.59 Å². The molecule has 1 amide bonds. The highest BCUT2D eigenvalue weighted by molar-refractivity contribution is 5.96. The molecule has 2 aliphatic heterocycles. The van der Waals surface area contributed by atoms with Gasteiger partial charge in [-0.05, 0) is 56.5 Å². The molecule has 2 saturated heterocycles. The summed E-state index contributed by atoms with van der Waals surface area (Å²) in [5.41, 5.74) is -7.17. The van der Waals surface area contributed by atoms with Gasteiger partial charge in [-0.2, -0.15) is 0 Å². The Bertz CT molecular complexity index is 2110. The summed E-state index contributed by atoms with van der Waals surface area (Å²) in [6.45, 7) is 9.86. The normalized spacial score (nSPS) is 35.3. The highest BCUT2D eigenvalue weighted by Gasteiger charge is 2.75. The lowest BCUT2D eigenvalue weighted by Gasteiger charge is -2.66. The number of ether oxygens (including phenoxy) is 7. The molecule has 0 spiro atoms. The zero-order chi connectivity index (χ0) is 45.2. The number of carbonyl (C=O) groups excluding carboxylic acids is 5. The topological polar surface area (TPSA) is 243 Å². The standard InChI is InChI=1S/C45H55NO16/c1-23-28(19-45(55)37(50)35-43(7,29(48)18-30-44(35,54)22-57-30)36(49)33(59-24(2)47)31(23)41(45,3)4)60-39(52)34(61-40(53)56-20-27-21-58-42(5,6)62-27)32(25-14-10-8-11-15-25)46-38(51)26-16-12-9-13-17-26/h8-17,27-30,32-35,37,48,50,54-55H,18-22H2,1-7H3,(H,46,51)/t27-,28-,29-,30+,32-,33+,34+,35-,37-,43+,44-,45+/m0/s1. The Labute approximate surface area is 358 Å². The monoisotopic (exact) mass is 865 g/mol. The molecular weight excluding hydrogens is 810 g/mol. The third-order valence-corrected chi connectivity index (χ3v) is 13.6. The van der Waals surface area contributed by atoms with E-state index in [0.717, 1.165) is 6.92 Å². The Morgan fingerprint density at radius 3 is 2.16 bits per heavy atom. The molecule has 7 rings (SSSR count). The fraction of sp³-hybridized carbons (Fsp3) is 0.578.